The molecular formula is C15H17F2N3O. The second-order valence-corrected chi connectivity index (χ2v) is 4.54. The third kappa shape index (κ3) is 3.72. The highest BCUT2D eigenvalue weighted by atomic mass is 19.1. The predicted octanol–water partition coefficient (Wildman–Crippen LogP) is 2.85. The zero-order valence-corrected chi connectivity index (χ0v) is 11.9. The third-order valence-corrected chi connectivity index (χ3v) is 3.04. The molecule has 4 nitrogen and oxygen atoms in total. The first-order valence-electron chi connectivity index (χ1n) is 6.70. The minimum absolute atomic E-state index is 0.212. The normalized spacial score (nSPS) is 12.2. The maximum absolute atomic E-state index is 14.0. The van der Waals surface area contributed by atoms with Crippen molar-refractivity contribution in [1.29, 1.82) is 0 Å². The van der Waals surface area contributed by atoms with Crippen molar-refractivity contribution in [2.75, 3.05) is 13.7 Å². The number of hydrogen-bond donors (Lipinski definition) is 1. The molecule has 0 amide bonds. The molecule has 0 aliphatic heterocycles. The zero-order chi connectivity index (χ0) is 15.2. The van der Waals surface area contributed by atoms with E-state index in [1.54, 1.807) is 6.07 Å². The van der Waals surface area contributed by atoms with Crippen LogP contribution in [-0.4, -0.2) is 23.6 Å². The van der Waals surface area contributed by atoms with Crippen molar-refractivity contribution in [2.24, 2.45) is 0 Å². The number of nitrogens with one attached hydrogen (secondary N) is 1. The lowest BCUT2D eigenvalue weighted by Gasteiger charge is -2.19. The summed E-state index contributed by atoms with van der Waals surface area (Å²) in [7, 11) is 1.49. The molecule has 0 bridgehead atoms. The summed E-state index contributed by atoms with van der Waals surface area (Å²) < 4.78 is 32.5. The van der Waals surface area contributed by atoms with Gasteiger partial charge in [-0.3, -0.25) is 0 Å². The number of aromatic nitrogens is 2. The summed E-state index contributed by atoms with van der Waals surface area (Å²) >= 11 is 0. The quantitative estimate of drug-likeness (QED) is 0.889. The Morgan fingerprint density at radius 2 is 2.05 bits per heavy atom. The topological polar surface area (TPSA) is 47.0 Å². The SMILES string of the molecule is CCCNC(c1cc(OC)ncn1)c1cc(F)ccc1F. The van der Waals surface area contributed by atoms with Crippen LogP contribution in [0.25, 0.3) is 0 Å². The monoisotopic (exact) mass is 293 g/mol. The van der Waals surface area contributed by atoms with E-state index >= 15 is 0 Å². The molecule has 1 unspecified atom stereocenters. The number of methoxy groups -OCH3 is 1. The van der Waals surface area contributed by atoms with Crippen molar-refractivity contribution in [3.8, 4) is 5.88 Å². The molecule has 1 heterocycles. The molecule has 1 aromatic heterocycles. The summed E-state index contributed by atoms with van der Waals surface area (Å²) in [5.74, 6) is -0.599. The van der Waals surface area contributed by atoms with Gasteiger partial charge in [0.05, 0.1) is 18.8 Å². The van der Waals surface area contributed by atoms with Gasteiger partial charge in [-0.05, 0) is 31.2 Å². The minimum Gasteiger partial charge on any atom is -0.481 e. The number of ether oxygens (including phenoxy) is 1. The Hall–Kier alpha value is -2.08. The standard InChI is InChI=1S/C15H17F2N3O/c1-3-6-18-15(11-7-10(16)4-5-12(11)17)13-8-14(21-2)20-9-19-13/h4-5,7-9,15,18H,3,6H2,1-2H3. The van der Waals surface area contributed by atoms with Crippen molar-refractivity contribution in [2.45, 2.75) is 19.4 Å². The van der Waals surface area contributed by atoms with Crippen LogP contribution in [0.15, 0.2) is 30.6 Å². The maximum atomic E-state index is 14.0. The van der Waals surface area contributed by atoms with Crippen molar-refractivity contribution < 1.29 is 13.5 Å². The van der Waals surface area contributed by atoms with Crippen LogP contribution in [0, 0.1) is 11.6 Å². The van der Waals surface area contributed by atoms with Crippen LogP contribution in [0.5, 0.6) is 5.88 Å². The molecule has 0 radical (unpaired) electrons. The Kier molecular flexibility index (Phi) is 5.16. The first kappa shape index (κ1) is 15.3. The second kappa shape index (κ2) is 7.08. The van der Waals surface area contributed by atoms with Crippen LogP contribution in [0.1, 0.15) is 30.6 Å². The van der Waals surface area contributed by atoms with E-state index in [0.29, 0.717) is 18.1 Å². The summed E-state index contributed by atoms with van der Waals surface area (Å²) in [6, 6.07) is 4.44. The Morgan fingerprint density at radius 3 is 2.76 bits per heavy atom. The Bertz CT molecular complexity index is 607. The van der Waals surface area contributed by atoms with Gasteiger partial charge >= 0.3 is 0 Å². The van der Waals surface area contributed by atoms with Crippen molar-refractivity contribution in [3.63, 3.8) is 0 Å². The van der Waals surface area contributed by atoms with E-state index in [0.717, 1.165) is 18.6 Å². The second-order valence-electron chi connectivity index (χ2n) is 4.54. The third-order valence-electron chi connectivity index (χ3n) is 3.04. The molecule has 112 valence electrons. The summed E-state index contributed by atoms with van der Waals surface area (Å²) in [5, 5.41) is 3.17. The lowest BCUT2D eigenvalue weighted by Crippen LogP contribution is -2.25. The molecule has 2 aromatic rings. The molecule has 0 aliphatic carbocycles. The van der Waals surface area contributed by atoms with Crippen LogP contribution in [0.2, 0.25) is 0 Å². The fraction of sp³-hybridized carbons (Fsp3) is 0.333. The van der Waals surface area contributed by atoms with E-state index in [-0.39, 0.29) is 5.56 Å². The smallest absolute Gasteiger partial charge is 0.216 e. The molecule has 0 fully saturated rings. The molecule has 0 saturated heterocycles. The average molecular weight is 293 g/mol. The molecular weight excluding hydrogens is 276 g/mol. The van der Waals surface area contributed by atoms with Crippen LogP contribution < -0.4 is 10.1 Å². The molecule has 0 saturated carbocycles. The summed E-state index contributed by atoms with van der Waals surface area (Å²) in [6.07, 6.45) is 2.20. The van der Waals surface area contributed by atoms with Crippen molar-refractivity contribution in [3.05, 3.63) is 53.5 Å². The number of halogens is 2. The maximum Gasteiger partial charge on any atom is 0.216 e. The predicted molar refractivity (Wildman–Crippen MR) is 75.1 cm³/mol. The number of hydrogen-bond acceptors (Lipinski definition) is 4. The Labute approximate surface area is 122 Å². The van der Waals surface area contributed by atoms with Gasteiger partial charge in [0.25, 0.3) is 0 Å². The van der Waals surface area contributed by atoms with Crippen LogP contribution in [0.3, 0.4) is 0 Å². The molecule has 0 aliphatic rings. The first-order chi connectivity index (χ1) is 10.2. The van der Waals surface area contributed by atoms with E-state index in [9.17, 15) is 8.78 Å². The van der Waals surface area contributed by atoms with Gasteiger partial charge in [0, 0.05) is 11.6 Å². The van der Waals surface area contributed by atoms with Gasteiger partial charge in [-0.1, -0.05) is 6.92 Å². The molecule has 1 atom stereocenters. The minimum atomic E-state index is -0.558. The average Bonchev–Trinajstić information content (AvgIpc) is 2.51. The van der Waals surface area contributed by atoms with Gasteiger partial charge in [-0.15, -0.1) is 0 Å². The highest BCUT2D eigenvalue weighted by Gasteiger charge is 2.20. The molecule has 1 aromatic carbocycles. The fourth-order valence-electron chi connectivity index (χ4n) is 2.02. The van der Waals surface area contributed by atoms with Gasteiger partial charge in [-0.2, -0.15) is 0 Å². The van der Waals surface area contributed by atoms with Gasteiger partial charge < -0.3 is 10.1 Å². The molecule has 2 rings (SSSR count). The van der Waals surface area contributed by atoms with E-state index < -0.39 is 17.7 Å². The first-order valence-corrected chi connectivity index (χ1v) is 6.70. The molecule has 6 heteroatoms. The molecule has 21 heavy (non-hydrogen) atoms. The fourth-order valence-corrected chi connectivity index (χ4v) is 2.02. The largest absolute Gasteiger partial charge is 0.481 e. The van der Waals surface area contributed by atoms with Gasteiger partial charge in [-0.25, -0.2) is 18.7 Å². The van der Waals surface area contributed by atoms with Gasteiger partial charge in [0.1, 0.15) is 18.0 Å². The lowest BCUT2D eigenvalue weighted by molar-refractivity contribution is 0.394. The van der Waals surface area contributed by atoms with Crippen LogP contribution in [0.4, 0.5) is 8.78 Å². The van der Waals surface area contributed by atoms with Crippen LogP contribution in [-0.2, 0) is 0 Å². The molecule has 1 N–H and O–H groups in total. The zero-order valence-electron chi connectivity index (χ0n) is 11.9. The number of nitrogens with zero attached hydrogens (tertiary/aromatic N) is 2. The van der Waals surface area contributed by atoms with E-state index in [1.165, 1.54) is 19.5 Å². The van der Waals surface area contributed by atoms with Crippen molar-refractivity contribution in [1.82, 2.24) is 15.3 Å². The Balaban J connectivity index is 2.44. The van der Waals surface area contributed by atoms with Crippen LogP contribution >= 0.6 is 0 Å². The number of benzene rings is 1. The highest BCUT2D eigenvalue weighted by Crippen LogP contribution is 2.25. The van der Waals surface area contributed by atoms with E-state index in [2.05, 4.69) is 15.3 Å². The number of rotatable bonds is 6. The Morgan fingerprint density at radius 1 is 1.24 bits per heavy atom. The van der Waals surface area contributed by atoms with Gasteiger partial charge in [0.15, 0.2) is 0 Å². The van der Waals surface area contributed by atoms with E-state index in [4.69, 9.17) is 4.74 Å². The highest BCUT2D eigenvalue weighted by molar-refractivity contribution is 5.31. The summed E-state index contributed by atoms with van der Waals surface area (Å²) in [4.78, 5) is 8.07. The van der Waals surface area contributed by atoms with Crippen molar-refractivity contribution >= 4 is 0 Å². The van der Waals surface area contributed by atoms with Gasteiger partial charge in [0.2, 0.25) is 5.88 Å². The summed E-state index contributed by atoms with van der Waals surface area (Å²) in [5.41, 5.74) is 0.740. The summed E-state index contributed by atoms with van der Waals surface area (Å²) in [6.45, 7) is 2.64. The lowest BCUT2D eigenvalue weighted by atomic mass is 10.0. The van der Waals surface area contributed by atoms with E-state index in [1.807, 2.05) is 6.92 Å². The molecule has 0 spiro atoms.